The zero-order valence-electron chi connectivity index (χ0n) is 15.1. The summed E-state index contributed by atoms with van der Waals surface area (Å²) in [5, 5.41) is 8.83. The van der Waals surface area contributed by atoms with Crippen LogP contribution in [-0.2, 0) is 4.52 Å². The van der Waals surface area contributed by atoms with Gasteiger partial charge in [0.25, 0.3) is 0 Å². The van der Waals surface area contributed by atoms with Crippen molar-refractivity contribution in [3.63, 3.8) is 0 Å². The number of hydrogen-bond acceptors (Lipinski definition) is 4. The van der Waals surface area contributed by atoms with Gasteiger partial charge in [-0.15, -0.1) is 0 Å². The molecule has 0 N–H and O–H groups in total. The molecule has 0 aliphatic heterocycles. The van der Waals surface area contributed by atoms with E-state index in [1.165, 1.54) is 0 Å². The third-order valence-electron chi connectivity index (χ3n) is 3.49. The summed E-state index contributed by atoms with van der Waals surface area (Å²) < 4.78 is 11.4. The Balaban J connectivity index is 5.67. The van der Waals surface area contributed by atoms with Crippen LogP contribution in [-0.4, -0.2) is 40.1 Å². The van der Waals surface area contributed by atoms with Crippen molar-refractivity contribution in [2.75, 3.05) is 6.61 Å². The minimum absolute atomic E-state index is 0.399. The number of nitrogens with zero attached hydrogens (tertiary/aromatic N) is 3. The van der Waals surface area contributed by atoms with Gasteiger partial charge >= 0.3 is 134 Å². The van der Waals surface area contributed by atoms with Crippen LogP contribution in [0.5, 0.6) is 0 Å². The molecule has 0 spiro atoms. The molecule has 0 saturated carbocycles. The van der Waals surface area contributed by atoms with Gasteiger partial charge in [0.05, 0.1) is 0 Å². The molecule has 0 aromatic rings. The standard InChI is InChI=1S/C15H35N3OP2/c1-12(2)17(13(3)4)21(20,19-11-9-10-16)18(14(5)6)15(7)8/h12-15,21H,9,11,20H2,1-8H3. The van der Waals surface area contributed by atoms with E-state index in [0.29, 0.717) is 37.2 Å². The Morgan fingerprint density at radius 1 is 0.905 bits per heavy atom. The molecule has 0 aliphatic carbocycles. The molecule has 0 saturated heterocycles. The van der Waals surface area contributed by atoms with Gasteiger partial charge in [0.1, 0.15) is 0 Å². The van der Waals surface area contributed by atoms with Crippen molar-refractivity contribution in [1.82, 2.24) is 9.34 Å². The average molecular weight is 335 g/mol. The van der Waals surface area contributed by atoms with Crippen LogP contribution in [0, 0.1) is 11.3 Å². The molecule has 0 aromatic carbocycles. The Labute approximate surface area is 134 Å². The predicted molar refractivity (Wildman–Crippen MR) is 98.4 cm³/mol. The first-order chi connectivity index (χ1) is 9.59. The maximum absolute atomic E-state index is 8.83. The zero-order chi connectivity index (χ0) is 16.8. The maximum atomic E-state index is 8.83. The van der Waals surface area contributed by atoms with E-state index in [4.69, 9.17) is 9.79 Å². The van der Waals surface area contributed by atoms with Crippen LogP contribution in [0.25, 0.3) is 0 Å². The van der Waals surface area contributed by atoms with Crippen molar-refractivity contribution in [3.05, 3.63) is 0 Å². The average Bonchev–Trinajstić information content (AvgIpc) is 2.26. The molecule has 4 nitrogen and oxygen atoms in total. The van der Waals surface area contributed by atoms with Crippen molar-refractivity contribution in [2.45, 2.75) is 86.0 Å². The summed E-state index contributed by atoms with van der Waals surface area (Å²) in [6.07, 6.45) is 0.442. The van der Waals surface area contributed by atoms with Gasteiger partial charge in [-0.2, -0.15) is 0 Å². The predicted octanol–water partition coefficient (Wildman–Crippen LogP) is 4.44. The fraction of sp³-hybridized carbons (Fsp3) is 0.933. The van der Waals surface area contributed by atoms with Crippen LogP contribution < -0.4 is 0 Å². The summed E-state index contributed by atoms with van der Waals surface area (Å²) in [5.74, 6) is 0. The molecule has 0 fully saturated rings. The van der Waals surface area contributed by atoms with Crippen LogP contribution in [0.2, 0.25) is 0 Å². The molecule has 0 radical (unpaired) electrons. The Hall–Kier alpha value is 0.230. The number of rotatable bonds is 9. The second-order valence-corrected chi connectivity index (χ2v) is 11.5. The van der Waals surface area contributed by atoms with Crippen molar-refractivity contribution >= 4 is 16.4 Å². The molecule has 0 heterocycles. The van der Waals surface area contributed by atoms with E-state index in [9.17, 15) is 0 Å². The van der Waals surface area contributed by atoms with Crippen LogP contribution in [0.3, 0.4) is 0 Å². The fourth-order valence-corrected chi connectivity index (χ4v) is 11.1. The van der Waals surface area contributed by atoms with Gasteiger partial charge in [-0.05, 0) is 0 Å². The topological polar surface area (TPSA) is 39.5 Å². The summed E-state index contributed by atoms with van der Waals surface area (Å²) in [6.45, 7) is 18.3. The Bertz CT molecular complexity index is 304. The Kier molecular flexibility index (Phi) is 9.49. The van der Waals surface area contributed by atoms with Gasteiger partial charge in [-0.3, -0.25) is 0 Å². The second kappa shape index (κ2) is 9.39. The van der Waals surface area contributed by atoms with Crippen LogP contribution >= 0.6 is 16.4 Å². The summed E-state index contributed by atoms with van der Waals surface area (Å²) in [6, 6.07) is 3.78. The summed E-state index contributed by atoms with van der Waals surface area (Å²) in [7, 11) is 0.684. The number of nitriles is 1. The zero-order valence-corrected chi connectivity index (χ0v) is 17.2. The van der Waals surface area contributed by atoms with E-state index in [1.807, 2.05) is 0 Å². The van der Waals surface area contributed by atoms with Gasteiger partial charge in [-0.1, -0.05) is 0 Å². The third-order valence-corrected chi connectivity index (χ3v) is 9.96. The summed E-state index contributed by atoms with van der Waals surface area (Å²) in [4.78, 5) is 0. The van der Waals surface area contributed by atoms with Crippen LogP contribution in [0.15, 0.2) is 0 Å². The molecule has 0 amide bonds. The third kappa shape index (κ3) is 5.74. The number of hydrogen-bond donors (Lipinski definition) is 0. The van der Waals surface area contributed by atoms with Crippen LogP contribution in [0.1, 0.15) is 61.8 Å². The van der Waals surface area contributed by atoms with Gasteiger partial charge in [-0.25, -0.2) is 0 Å². The molecule has 126 valence electrons. The van der Waals surface area contributed by atoms with E-state index >= 15 is 0 Å². The van der Waals surface area contributed by atoms with E-state index in [2.05, 4.69) is 79.7 Å². The van der Waals surface area contributed by atoms with E-state index in [0.717, 1.165) is 0 Å². The first-order valence-corrected chi connectivity index (χ1v) is 11.6. The van der Waals surface area contributed by atoms with Crippen molar-refractivity contribution in [3.8, 4) is 6.07 Å². The molecule has 6 heteroatoms. The van der Waals surface area contributed by atoms with Gasteiger partial charge in [0.2, 0.25) is 0 Å². The quantitative estimate of drug-likeness (QED) is 0.461. The minimum atomic E-state index is -2.37. The van der Waals surface area contributed by atoms with Crippen molar-refractivity contribution in [1.29, 1.82) is 5.26 Å². The van der Waals surface area contributed by atoms with Gasteiger partial charge in [0, 0.05) is 0 Å². The van der Waals surface area contributed by atoms with Crippen molar-refractivity contribution in [2.24, 2.45) is 0 Å². The molecule has 1 unspecified atom stereocenters. The van der Waals surface area contributed by atoms with Crippen LogP contribution in [0.4, 0.5) is 0 Å². The molecule has 21 heavy (non-hydrogen) atoms. The van der Waals surface area contributed by atoms with Crippen molar-refractivity contribution < 1.29 is 4.52 Å². The normalized spacial score (nSPS) is 14.0. The first kappa shape index (κ1) is 21.2. The first-order valence-electron chi connectivity index (χ1n) is 7.96. The Morgan fingerprint density at radius 3 is 1.48 bits per heavy atom. The monoisotopic (exact) mass is 335 g/mol. The SMILES string of the molecule is CC(C)N(C(C)C)[PH](P)(OCCC#N)N(C(C)C)C(C)C. The molecule has 0 bridgehead atoms. The van der Waals surface area contributed by atoms with Gasteiger partial charge < -0.3 is 0 Å². The van der Waals surface area contributed by atoms with E-state index in [-0.39, 0.29) is 0 Å². The molecule has 0 aliphatic rings. The van der Waals surface area contributed by atoms with Gasteiger partial charge in [0.15, 0.2) is 0 Å². The van der Waals surface area contributed by atoms with E-state index < -0.39 is 7.48 Å². The fourth-order valence-electron chi connectivity index (χ4n) is 3.20. The molecular weight excluding hydrogens is 300 g/mol. The molecular formula is C15H35N3OP2. The molecule has 0 rings (SSSR count). The Morgan fingerprint density at radius 2 is 1.24 bits per heavy atom. The summed E-state index contributed by atoms with van der Waals surface area (Å²) >= 11 is 0. The molecule has 0 aromatic heterocycles. The second-order valence-electron chi connectivity index (χ2n) is 6.60. The van der Waals surface area contributed by atoms with E-state index in [1.54, 1.807) is 0 Å². The summed E-state index contributed by atoms with van der Waals surface area (Å²) in [5.41, 5.74) is 0. The molecule has 1 atom stereocenters.